The van der Waals surface area contributed by atoms with Gasteiger partial charge in [0.2, 0.25) is 0 Å². The predicted octanol–water partition coefficient (Wildman–Crippen LogP) is 2.80. The van der Waals surface area contributed by atoms with Crippen LogP contribution in [0.2, 0.25) is 0 Å². The summed E-state index contributed by atoms with van der Waals surface area (Å²) in [4.78, 5) is 0. The van der Waals surface area contributed by atoms with Crippen LogP contribution in [0.1, 0.15) is 43.7 Å². The van der Waals surface area contributed by atoms with E-state index >= 15 is 0 Å². The molecule has 1 unspecified atom stereocenters. The van der Waals surface area contributed by atoms with E-state index in [4.69, 9.17) is 5.73 Å². The lowest BCUT2D eigenvalue weighted by atomic mass is 9.94. The van der Waals surface area contributed by atoms with Gasteiger partial charge in [-0.3, -0.25) is 0 Å². The van der Waals surface area contributed by atoms with Crippen molar-refractivity contribution in [1.29, 1.82) is 0 Å². The second-order valence-electron chi connectivity index (χ2n) is 4.82. The third-order valence-corrected chi connectivity index (χ3v) is 3.53. The van der Waals surface area contributed by atoms with E-state index in [0.29, 0.717) is 11.3 Å². The molecule has 0 amide bonds. The van der Waals surface area contributed by atoms with E-state index in [1.165, 1.54) is 24.0 Å². The van der Waals surface area contributed by atoms with E-state index in [9.17, 15) is 0 Å². The maximum absolute atomic E-state index is 5.64. The lowest BCUT2D eigenvalue weighted by molar-refractivity contribution is 0.762. The molecule has 2 rings (SSSR count). The standard InChI is InChI=1S/C13H19N/c1-10(9-14)11-3-5-12(6-4-11)13(2)7-8-13/h3-6,10H,7-9,14H2,1-2H3. The first-order valence-electron chi connectivity index (χ1n) is 5.46. The van der Waals surface area contributed by atoms with Gasteiger partial charge in [0.1, 0.15) is 0 Å². The molecule has 1 heteroatoms. The van der Waals surface area contributed by atoms with Gasteiger partial charge < -0.3 is 5.73 Å². The summed E-state index contributed by atoms with van der Waals surface area (Å²) in [6.07, 6.45) is 2.69. The van der Waals surface area contributed by atoms with E-state index in [1.807, 2.05) is 0 Å². The highest BCUT2D eigenvalue weighted by atomic mass is 14.5. The second-order valence-corrected chi connectivity index (χ2v) is 4.82. The van der Waals surface area contributed by atoms with Gasteiger partial charge in [0.15, 0.2) is 0 Å². The molecule has 1 aromatic carbocycles. The zero-order valence-corrected chi connectivity index (χ0v) is 9.09. The monoisotopic (exact) mass is 189 g/mol. The van der Waals surface area contributed by atoms with Crippen LogP contribution >= 0.6 is 0 Å². The van der Waals surface area contributed by atoms with Crippen molar-refractivity contribution < 1.29 is 0 Å². The Hall–Kier alpha value is -0.820. The molecular formula is C13H19N. The molecule has 1 aliphatic carbocycles. The number of benzene rings is 1. The van der Waals surface area contributed by atoms with Crippen molar-refractivity contribution in [2.24, 2.45) is 5.73 Å². The van der Waals surface area contributed by atoms with E-state index in [2.05, 4.69) is 38.1 Å². The highest BCUT2D eigenvalue weighted by Gasteiger charge is 2.38. The zero-order valence-electron chi connectivity index (χ0n) is 9.09. The number of hydrogen-bond acceptors (Lipinski definition) is 1. The summed E-state index contributed by atoms with van der Waals surface area (Å²) in [5, 5.41) is 0. The Balaban J connectivity index is 2.18. The Kier molecular flexibility index (Phi) is 2.36. The van der Waals surface area contributed by atoms with Gasteiger partial charge in [-0.15, -0.1) is 0 Å². The first kappa shape index (κ1) is 9.72. The molecule has 1 aliphatic rings. The van der Waals surface area contributed by atoms with Crippen LogP contribution in [0, 0.1) is 0 Å². The van der Waals surface area contributed by atoms with Crippen molar-refractivity contribution in [2.45, 2.75) is 38.0 Å². The molecule has 0 bridgehead atoms. The lowest BCUT2D eigenvalue weighted by Crippen LogP contribution is -2.09. The predicted molar refractivity (Wildman–Crippen MR) is 60.5 cm³/mol. The van der Waals surface area contributed by atoms with Crippen LogP contribution in [0.15, 0.2) is 24.3 Å². The molecule has 0 radical (unpaired) electrons. The Morgan fingerprint density at radius 3 is 2.29 bits per heavy atom. The molecule has 1 nitrogen and oxygen atoms in total. The molecular weight excluding hydrogens is 170 g/mol. The Morgan fingerprint density at radius 2 is 1.86 bits per heavy atom. The first-order chi connectivity index (χ1) is 6.65. The van der Waals surface area contributed by atoms with Gasteiger partial charge >= 0.3 is 0 Å². The van der Waals surface area contributed by atoms with Crippen molar-refractivity contribution >= 4 is 0 Å². The summed E-state index contributed by atoms with van der Waals surface area (Å²) in [6.45, 7) is 5.25. The largest absolute Gasteiger partial charge is 0.330 e. The zero-order chi connectivity index (χ0) is 10.2. The third-order valence-electron chi connectivity index (χ3n) is 3.53. The lowest BCUT2D eigenvalue weighted by Gasteiger charge is -2.12. The van der Waals surface area contributed by atoms with Gasteiger partial charge in [0.25, 0.3) is 0 Å². The summed E-state index contributed by atoms with van der Waals surface area (Å²) >= 11 is 0. The summed E-state index contributed by atoms with van der Waals surface area (Å²) in [6, 6.07) is 9.01. The highest BCUT2D eigenvalue weighted by molar-refractivity contribution is 5.33. The van der Waals surface area contributed by atoms with Gasteiger partial charge in [-0.25, -0.2) is 0 Å². The van der Waals surface area contributed by atoms with Gasteiger partial charge in [-0.05, 0) is 41.8 Å². The van der Waals surface area contributed by atoms with E-state index in [0.717, 1.165) is 6.54 Å². The van der Waals surface area contributed by atoms with Crippen molar-refractivity contribution in [1.82, 2.24) is 0 Å². The molecule has 2 N–H and O–H groups in total. The quantitative estimate of drug-likeness (QED) is 0.777. The molecule has 14 heavy (non-hydrogen) atoms. The molecule has 0 aromatic heterocycles. The Morgan fingerprint density at radius 1 is 1.29 bits per heavy atom. The molecule has 0 aliphatic heterocycles. The maximum atomic E-state index is 5.64. The number of rotatable bonds is 3. The normalized spacial score (nSPS) is 20.5. The topological polar surface area (TPSA) is 26.0 Å². The fraction of sp³-hybridized carbons (Fsp3) is 0.538. The van der Waals surface area contributed by atoms with Crippen LogP contribution in [-0.4, -0.2) is 6.54 Å². The Labute approximate surface area is 86.3 Å². The molecule has 1 fully saturated rings. The van der Waals surface area contributed by atoms with E-state index in [-0.39, 0.29) is 0 Å². The highest BCUT2D eigenvalue weighted by Crippen LogP contribution is 2.47. The SMILES string of the molecule is CC(CN)c1ccc(C2(C)CC2)cc1. The van der Waals surface area contributed by atoms with Crippen LogP contribution in [0.3, 0.4) is 0 Å². The van der Waals surface area contributed by atoms with Gasteiger partial charge in [-0.2, -0.15) is 0 Å². The smallest absolute Gasteiger partial charge is 0.00109 e. The minimum Gasteiger partial charge on any atom is -0.330 e. The minimum absolute atomic E-state index is 0.482. The van der Waals surface area contributed by atoms with Crippen molar-refractivity contribution in [3.8, 4) is 0 Å². The summed E-state index contributed by atoms with van der Waals surface area (Å²) in [5.41, 5.74) is 8.98. The third kappa shape index (κ3) is 1.69. The minimum atomic E-state index is 0.482. The van der Waals surface area contributed by atoms with Crippen LogP contribution in [0.25, 0.3) is 0 Å². The number of nitrogens with two attached hydrogens (primary N) is 1. The van der Waals surface area contributed by atoms with Crippen LogP contribution in [0.5, 0.6) is 0 Å². The molecule has 1 aromatic rings. The second kappa shape index (κ2) is 3.39. The molecule has 0 heterocycles. The van der Waals surface area contributed by atoms with E-state index < -0.39 is 0 Å². The molecule has 76 valence electrons. The summed E-state index contributed by atoms with van der Waals surface area (Å²) in [7, 11) is 0. The Bertz CT molecular complexity index is 309. The van der Waals surface area contributed by atoms with Crippen molar-refractivity contribution in [3.63, 3.8) is 0 Å². The van der Waals surface area contributed by atoms with Gasteiger partial charge in [0.05, 0.1) is 0 Å². The van der Waals surface area contributed by atoms with Gasteiger partial charge in [0, 0.05) is 0 Å². The average Bonchev–Trinajstić information content (AvgIpc) is 2.97. The fourth-order valence-electron chi connectivity index (χ4n) is 1.83. The van der Waals surface area contributed by atoms with Crippen LogP contribution in [-0.2, 0) is 5.41 Å². The van der Waals surface area contributed by atoms with Crippen molar-refractivity contribution in [2.75, 3.05) is 6.54 Å². The summed E-state index contributed by atoms with van der Waals surface area (Å²) < 4.78 is 0. The fourth-order valence-corrected chi connectivity index (χ4v) is 1.83. The average molecular weight is 189 g/mol. The molecule has 0 saturated heterocycles. The van der Waals surface area contributed by atoms with Gasteiger partial charge in [-0.1, -0.05) is 38.1 Å². The summed E-state index contributed by atoms with van der Waals surface area (Å²) in [5.74, 6) is 0.482. The molecule has 0 spiro atoms. The first-order valence-corrected chi connectivity index (χ1v) is 5.46. The van der Waals surface area contributed by atoms with Crippen LogP contribution in [0.4, 0.5) is 0 Å². The number of hydrogen-bond donors (Lipinski definition) is 1. The molecule has 1 atom stereocenters. The van der Waals surface area contributed by atoms with E-state index in [1.54, 1.807) is 0 Å². The molecule has 1 saturated carbocycles. The van der Waals surface area contributed by atoms with Crippen molar-refractivity contribution in [3.05, 3.63) is 35.4 Å². The maximum Gasteiger partial charge on any atom is -0.00109 e. The van der Waals surface area contributed by atoms with Crippen LogP contribution < -0.4 is 5.73 Å².